The van der Waals surface area contributed by atoms with Gasteiger partial charge in [0.1, 0.15) is 5.75 Å². The van der Waals surface area contributed by atoms with E-state index >= 15 is 0 Å². The fraction of sp³-hybridized carbons (Fsp3) is 0.435. The average Bonchev–Trinajstić information content (AvgIpc) is 2.78. The SMILES string of the molecule is CCNC(=NCc1cccc(OCC(N)=O)c1)NC1CCN(Cc2ccccn2)CC1. The number of nitrogens with one attached hydrogen (secondary N) is 2. The lowest BCUT2D eigenvalue weighted by atomic mass is 10.0. The predicted octanol–water partition coefficient (Wildman–Crippen LogP) is 1.67. The van der Waals surface area contributed by atoms with Crippen LogP contribution in [0.3, 0.4) is 0 Å². The summed E-state index contributed by atoms with van der Waals surface area (Å²) >= 11 is 0. The average molecular weight is 425 g/mol. The maximum atomic E-state index is 10.9. The first-order valence-electron chi connectivity index (χ1n) is 10.8. The Morgan fingerprint density at radius 1 is 1.26 bits per heavy atom. The van der Waals surface area contributed by atoms with E-state index in [9.17, 15) is 4.79 Å². The highest BCUT2D eigenvalue weighted by atomic mass is 16.5. The number of rotatable bonds is 9. The standard InChI is InChI=1S/C23H32N6O2/c1-2-25-23(27-15-18-6-5-8-21(14-18)31-17-22(24)30)28-19-9-12-29(13-10-19)16-20-7-3-4-11-26-20/h3-8,11,14,19H,2,9-10,12-13,15-17H2,1H3,(H2,24,30)(H2,25,27,28). The van der Waals surface area contributed by atoms with Crippen molar-refractivity contribution in [2.75, 3.05) is 26.2 Å². The van der Waals surface area contributed by atoms with E-state index in [0.29, 0.717) is 18.3 Å². The van der Waals surface area contributed by atoms with Gasteiger partial charge in [-0.25, -0.2) is 4.99 Å². The van der Waals surface area contributed by atoms with Crippen LogP contribution in [0.4, 0.5) is 0 Å². The summed E-state index contributed by atoms with van der Waals surface area (Å²) in [6.07, 6.45) is 3.98. The molecular formula is C23H32N6O2. The molecule has 0 atom stereocenters. The van der Waals surface area contributed by atoms with Gasteiger partial charge in [0.2, 0.25) is 0 Å². The molecule has 0 saturated carbocycles. The molecule has 1 aromatic heterocycles. The Balaban J connectivity index is 1.50. The molecule has 1 aliphatic rings. The summed E-state index contributed by atoms with van der Waals surface area (Å²) in [5, 5.41) is 6.90. The zero-order chi connectivity index (χ0) is 21.9. The zero-order valence-electron chi connectivity index (χ0n) is 18.1. The van der Waals surface area contributed by atoms with Crippen molar-refractivity contribution in [2.45, 2.75) is 38.9 Å². The number of hydrogen-bond donors (Lipinski definition) is 3. The van der Waals surface area contributed by atoms with Crippen LogP contribution in [-0.2, 0) is 17.9 Å². The monoisotopic (exact) mass is 424 g/mol. The van der Waals surface area contributed by atoms with E-state index in [1.54, 1.807) is 6.07 Å². The second kappa shape index (κ2) is 11.9. The molecule has 0 aliphatic carbocycles. The maximum absolute atomic E-state index is 10.9. The normalized spacial score (nSPS) is 15.5. The molecule has 4 N–H and O–H groups in total. The van der Waals surface area contributed by atoms with Crippen LogP contribution in [0.1, 0.15) is 31.0 Å². The lowest BCUT2D eigenvalue weighted by Gasteiger charge is -2.32. The first-order chi connectivity index (χ1) is 15.1. The minimum atomic E-state index is -0.492. The number of aliphatic imine (C=N–C) groups is 1. The second-order valence-electron chi connectivity index (χ2n) is 7.61. The number of likely N-dealkylation sites (tertiary alicyclic amines) is 1. The van der Waals surface area contributed by atoms with Crippen LogP contribution in [0.5, 0.6) is 5.75 Å². The number of pyridine rings is 1. The van der Waals surface area contributed by atoms with Gasteiger partial charge in [-0.2, -0.15) is 0 Å². The van der Waals surface area contributed by atoms with Crippen LogP contribution in [0.25, 0.3) is 0 Å². The van der Waals surface area contributed by atoms with Crippen molar-refractivity contribution in [1.29, 1.82) is 0 Å². The molecule has 1 aromatic carbocycles. The fourth-order valence-corrected chi connectivity index (χ4v) is 3.53. The molecule has 0 spiro atoms. The number of benzene rings is 1. The molecule has 2 aromatic rings. The van der Waals surface area contributed by atoms with Gasteiger partial charge >= 0.3 is 0 Å². The van der Waals surface area contributed by atoms with Gasteiger partial charge in [0.15, 0.2) is 12.6 Å². The number of carbonyl (C=O) groups excluding carboxylic acids is 1. The zero-order valence-corrected chi connectivity index (χ0v) is 18.1. The second-order valence-corrected chi connectivity index (χ2v) is 7.61. The minimum Gasteiger partial charge on any atom is -0.484 e. The van der Waals surface area contributed by atoms with Gasteiger partial charge in [0.25, 0.3) is 5.91 Å². The predicted molar refractivity (Wildman–Crippen MR) is 122 cm³/mol. The Hall–Kier alpha value is -3.13. The largest absolute Gasteiger partial charge is 0.484 e. The van der Waals surface area contributed by atoms with Crippen molar-refractivity contribution in [1.82, 2.24) is 20.5 Å². The number of amides is 1. The summed E-state index contributed by atoms with van der Waals surface area (Å²) in [6.45, 7) is 6.21. The van der Waals surface area contributed by atoms with E-state index in [1.807, 2.05) is 36.5 Å². The molecule has 3 rings (SSSR count). The highest BCUT2D eigenvalue weighted by Crippen LogP contribution is 2.15. The summed E-state index contributed by atoms with van der Waals surface area (Å²) in [5.74, 6) is 0.937. The third-order valence-electron chi connectivity index (χ3n) is 5.08. The van der Waals surface area contributed by atoms with Crippen molar-refractivity contribution in [3.05, 3.63) is 59.9 Å². The van der Waals surface area contributed by atoms with Crippen LogP contribution < -0.4 is 21.1 Å². The topological polar surface area (TPSA) is 105 Å². The molecule has 166 valence electrons. The fourth-order valence-electron chi connectivity index (χ4n) is 3.53. The number of ether oxygens (including phenoxy) is 1. The Kier molecular flexibility index (Phi) is 8.66. The lowest BCUT2D eigenvalue weighted by Crippen LogP contribution is -2.48. The van der Waals surface area contributed by atoms with E-state index in [0.717, 1.165) is 56.2 Å². The summed E-state index contributed by atoms with van der Waals surface area (Å²) < 4.78 is 5.37. The summed E-state index contributed by atoms with van der Waals surface area (Å²) in [7, 11) is 0. The van der Waals surface area contributed by atoms with Gasteiger partial charge in [0.05, 0.1) is 12.2 Å². The molecular weight excluding hydrogens is 392 g/mol. The third-order valence-corrected chi connectivity index (χ3v) is 5.08. The molecule has 0 radical (unpaired) electrons. The van der Waals surface area contributed by atoms with Crippen LogP contribution in [-0.4, -0.2) is 54.0 Å². The molecule has 2 heterocycles. The van der Waals surface area contributed by atoms with Crippen LogP contribution in [0, 0.1) is 0 Å². The molecule has 1 saturated heterocycles. The number of guanidine groups is 1. The van der Waals surface area contributed by atoms with E-state index < -0.39 is 5.91 Å². The summed E-state index contributed by atoms with van der Waals surface area (Å²) in [6, 6.07) is 14.0. The molecule has 1 amide bonds. The molecule has 1 fully saturated rings. The Bertz CT molecular complexity index is 850. The van der Waals surface area contributed by atoms with Crippen molar-refractivity contribution in [3.63, 3.8) is 0 Å². The molecule has 0 bridgehead atoms. The number of nitrogens with two attached hydrogens (primary N) is 1. The van der Waals surface area contributed by atoms with E-state index in [1.165, 1.54) is 0 Å². The highest BCUT2D eigenvalue weighted by molar-refractivity contribution is 5.80. The Labute approximate surface area is 183 Å². The Morgan fingerprint density at radius 2 is 2.10 bits per heavy atom. The van der Waals surface area contributed by atoms with Gasteiger partial charge < -0.3 is 21.1 Å². The van der Waals surface area contributed by atoms with Crippen molar-refractivity contribution < 1.29 is 9.53 Å². The van der Waals surface area contributed by atoms with Gasteiger partial charge in [-0.3, -0.25) is 14.7 Å². The number of piperidine rings is 1. The summed E-state index contributed by atoms with van der Waals surface area (Å²) in [5.41, 5.74) is 7.26. The number of hydrogen-bond acceptors (Lipinski definition) is 5. The number of carbonyl (C=O) groups is 1. The van der Waals surface area contributed by atoms with E-state index in [4.69, 9.17) is 15.5 Å². The van der Waals surface area contributed by atoms with Crippen LogP contribution >= 0.6 is 0 Å². The van der Waals surface area contributed by atoms with Crippen molar-refractivity contribution in [3.8, 4) is 5.75 Å². The van der Waals surface area contributed by atoms with Gasteiger partial charge in [0, 0.05) is 38.4 Å². The molecule has 8 nitrogen and oxygen atoms in total. The van der Waals surface area contributed by atoms with Crippen LogP contribution in [0.2, 0.25) is 0 Å². The molecule has 8 heteroatoms. The lowest BCUT2D eigenvalue weighted by molar-refractivity contribution is -0.119. The van der Waals surface area contributed by atoms with E-state index in [2.05, 4.69) is 33.5 Å². The van der Waals surface area contributed by atoms with Crippen LogP contribution in [0.15, 0.2) is 53.7 Å². The number of nitrogens with zero attached hydrogens (tertiary/aromatic N) is 3. The number of aromatic nitrogens is 1. The van der Waals surface area contributed by atoms with Gasteiger partial charge in [-0.15, -0.1) is 0 Å². The maximum Gasteiger partial charge on any atom is 0.255 e. The molecule has 31 heavy (non-hydrogen) atoms. The molecule has 1 aliphatic heterocycles. The highest BCUT2D eigenvalue weighted by Gasteiger charge is 2.20. The van der Waals surface area contributed by atoms with Gasteiger partial charge in [-0.05, 0) is 49.6 Å². The Morgan fingerprint density at radius 3 is 2.81 bits per heavy atom. The smallest absolute Gasteiger partial charge is 0.255 e. The third kappa shape index (κ3) is 7.90. The summed E-state index contributed by atoms with van der Waals surface area (Å²) in [4.78, 5) is 22.5. The first-order valence-corrected chi connectivity index (χ1v) is 10.8. The number of primary amides is 1. The quantitative estimate of drug-likeness (QED) is 0.418. The van der Waals surface area contributed by atoms with Crippen molar-refractivity contribution >= 4 is 11.9 Å². The molecule has 0 unspecified atom stereocenters. The minimum absolute atomic E-state index is 0.129. The van der Waals surface area contributed by atoms with Crippen molar-refractivity contribution in [2.24, 2.45) is 10.7 Å². The van der Waals surface area contributed by atoms with Gasteiger partial charge in [-0.1, -0.05) is 18.2 Å². The van der Waals surface area contributed by atoms with E-state index in [-0.39, 0.29) is 6.61 Å². The first kappa shape index (κ1) is 22.6.